The fourth-order valence-electron chi connectivity index (χ4n) is 2.36. The van der Waals surface area contributed by atoms with E-state index in [1.54, 1.807) is 11.3 Å². The normalized spacial score (nSPS) is 19.3. The van der Waals surface area contributed by atoms with E-state index < -0.39 is 0 Å². The predicted molar refractivity (Wildman–Crippen MR) is 98.1 cm³/mol. The van der Waals surface area contributed by atoms with Gasteiger partial charge in [-0.05, 0) is 44.2 Å². The lowest BCUT2D eigenvalue weighted by Gasteiger charge is -2.12. The maximum atomic E-state index is 12.1. The zero-order chi connectivity index (χ0) is 16.1. The topological polar surface area (TPSA) is 54.4 Å². The van der Waals surface area contributed by atoms with Crippen LogP contribution in [0.15, 0.2) is 45.9 Å². The molecule has 0 saturated carbocycles. The highest BCUT2D eigenvalue weighted by atomic mass is 32.2. The Bertz CT molecular complexity index is 705. The zero-order valence-corrected chi connectivity index (χ0v) is 14.6. The molecule has 120 valence electrons. The fourth-order valence-corrected chi connectivity index (χ4v) is 4.56. The highest BCUT2D eigenvalue weighted by Crippen LogP contribution is 2.31. The fraction of sp³-hybridized carbons (Fsp3) is 0.353. The van der Waals surface area contributed by atoms with Crippen LogP contribution in [0.1, 0.15) is 26.2 Å². The van der Waals surface area contributed by atoms with Crippen molar-refractivity contribution in [3.63, 3.8) is 0 Å². The molecule has 23 heavy (non-hydrogen) atoms. The number of hydrogen-bond donors (Lipinski definition) is 1. The average Bonchev–Trinajstić information content (AvgIpc) is 2.98. The maximum Gasteiger partial charge on any atom is 0.253 e. The summed E-state index contributed by atoms with van der Waals surface area (Å²) in [6, 6.07) is 8.01. The van der Waals surface area contributed by atoms with E-state index in [1.807, 2.05) is 37.4 Å². The number of carbonyl (C=O) groups excluding carboxylic acids is 1. The third kappa shape index (κ3) is 4.42. The number of hydrazone groups is 1. The molecule has 3 rings (SSSR count). The monoisotopic (exact) mass is 345 g/mol. The van der Waals surface area contributed by atoms with Gasteiger partial charge >= 0.3 is 0 Å². The van der Waals surface area contributed by atoms with Gasteiger partial charge in [0.15, 0.2) is 4.34 Å². The average molecular weight is 345 g/mol. The van der Waals surface area contributed by atoms with Gasteiger partial charge in [0, 0.05) is 6.21 Å². The largest absolute Gasteiger partial charge is 0.272 e. The summed E-state index contributed by atoms with van der Waals surface area (Å²) in [6.07, 6.45) is 9.43. The summed E-state index contributed by atoms with van der Waals surface area (Å²) in [7, 11) is 0. The van der Waals surface area contributed by atoms with Crippen LogP contribution in [0.2, 0.25) is 0 Å². The molecule has 0 saturated heterocycles. The smallest absolute Gasteiger partial charge is 0.253 e. The molecule has 2 unspecified atom stereocenters. The highest BCUT2D eigenvalue weighted by molar-refractivity contribution is 8.02. The van der Waals surface area contributed by atoms with Crippen molar-refractivity contribution in [2.45, 2.75) is 35.8 Å². The summed E-state index contributed by atoms with van der Waals surface area (Å²) in [6.45, 7) is 1.88. The van der Waals surface area contributed by atoms with Crippen molar-refractivity contribution in [2.24, 2.45) is 11.0 Å². The molecule has 1 heterocycles. The van der Waals surface area contributed by atoms with Crippen molar-refractivity contribution in [3.8, 4) is 0 Å². The van der Waals surface area contributed by atoms with Crippen LogP contribution in [-0.2, 0) is 4.79 Å². The first-order valence-corrected chi connectivity index (χ1v) is 9.42. The van der Waals surface area contributed by atoms with Crippen LogP contribution in [0.5, 0.6) is 0 Å². The Morgan fingerprint density at radius 1 is 1.48 bits per heavy atom. The number of allylic oxidation sites excluding steroid dienone is 2. The van der Waals surface area contributed by atoms with Crippen LogP contribution < -0.4 is 5.43 Å². The van der Waals surface area contributed by atoms with E-state index >= 15 is 0 Å². The molecular weight excluding hydrogens is 326 g/mol. The van der Waals surface area contributed by atoms with Gasteiger partial charge in [-0.25, -0.2) is 10.4 Å². The Morgan fingerprint density at radius 3 is 3.13 bits per heavy atom. The molecule has 0 bridgehead atoms. The third-order valence-electron chi connectivity index (χ3n) is 3.69. The lowest BCUT2D eigenvalue weighted by atomic mass is 9.96. The van der Waals surface area contributed by atoms with E-state index in [0.29, 0.717) is 5.92 Å². The SMILES string of the molecule is CC(Sc1nc2ccccc2s1)C(=O)N/N=C\C1CC=CCC1. The number of thiazole rings is 1. The Kier molecular flexibility index (Phi) is 5.46. The number of fused-ring (bicyclic) bond motifs is 1. The number of hydrogen-bond acceptors (Lipinski definition) is 5. The van der Waals surface area contributed by atoms with Gasteiger partial charge in [-0.1, -0.05) is 36.0 Å². The molecule has 0 spiro atoms. The Morgan fingerprint density at radius 2 is 2.35 bits per heavy atom. The Balaban J connectivity index is 1.52. The van der Waals surface area contributed by atoms with Gasteiger partial charge in [0.25, 0.3) is 5.91 Å². The number of benzene rings is 1. The highest BCUT2D eigenvalue weighted by Gasteiger charge is 2.16. The molecule has 1 aliphatic rings. The minimum Gasteiger partial charge on any atom is -0.272 e. The molecular formula is C17H19N3OS2. The van der Waals surface area contributed by atoms with Crippen LogP contribution >= 0.6 is 23.1 Å². The Hall–Kier alpha value is -1.66. The van der Waals surface area contributed by atoms with E-state index in [4.69, 9.17) is 0 Å². The molecule has 1 aliphatic carbocycles. The first kappa shape index (κ1) is 16.2. The molecule has 0 fully saturated rings. The summed E-state index contributed by atoms with van der Waals surface area (Å²) >= 11 is 3.09. The van der Waals surface area contributed by atoms with Gasteiger partial charge in [0.2, 0.25) is 0 Å². The predicted octanol–water partition coefficient (Wildman–Crippen LogP) is 4.24. The van der Waals surface area contributed by atoms with E-state index in [2.05, 4.69) is 27.7 Å². The number of nitrogens with zero attached hydrogens (tertiary/aromatic N) is 2. The number of amides is 1. The van der Waals surface area contributed by atoms with Crippen LogP contribution in [0.3, 0.4) is 0 Å². The summed E-state index contributed by atoms with van der Waals surface area (Å²) < 4.78 is 2.06. The molecule has 1 aromatic heterocycles. The van der Waals surface area contributed by atoms with Crippen LogP contribution in [0.4, 0.5) is 0 Å². The van der Waals surface area contributed by atoms with E-state index in [9.17, 15) is 4.79 Å². The third-order valence-corrected chi connectivity index (χ3v) is 5.92. The zero-order valence-electron chi connectivity index (χ0n) is 12.9. The van der Waals surface area contributed by atoms with Crippen LogP contribution in [-0.4, -0.2) is 22.4 Å². The minimum absolute atomic E-state index is 0.0862. The number of rotatable bonds is 5. The maximum absolute atomic E-state index is 12.1. The minimum atomic E-state index is -0.223. The summed E-state index contributed by atoms with van der Waals surface area (Å²) in [5.41, 5.74) is 3.63. The molecule has 2 atom stereocenters. The number of para-hydroxylation sites is 1. The second-order valence-corrected chi connectivity index (χ2v) is 8.12. The lowest BCUT2D eigenvalue weighted by molar-refractivity contribution is -0.120. The van der Waals surface area contributed by atoms with Crippen LogP contribution in [0.25, 0.3) is 10.2 Å². The second kappa shape index (κ2) is 7.75. The van der Waals surface area contributed by atoms with Gasteiger partial charge in [-0.3, -0.25) is 4.79 Å². The lowest BCUT2D eigenvalue weighted by Crippen LogP contribution is -2.27. The van der Waals surface area contributed by atoms with Crippen molar-refractivity contribution in [1.29, 1.82) is 0 Å². The summed E-state index contributed by atoms with van der Waals surface area (Å²) in [5, 5.41) is 3.89. The van der Waals surface area contributed by atoms with Gasteiger partial charge in [-0.2, -0.15) is 5.10 Å². The molecule has 1 amide bonds. The first-order valence-electron chi connectivity index (χ1n) is 7.72. The number of thioether (sulfide) groups is 1. The molecule has 2 aromatic rings. The molecule has 1 aromatic carbocycles. The molecule has 0 radical (unpaired) electrons. The van der Waals surface area contributed by atoms with E-state index in [1.165, 1.54) is 11.8 Å². The molecule has 0 aliphatic heterocycles. The molecule has 6 heteroatoms. The summed E-state index contributed by atoms with van der Waals surface area (Å²) in [4.78, 5) is 16.7. The van der Waals surface area contributed by atoms with Crippen molar-refractivity contribution in [1.82, 2.24) is 10.4 Å². The van der Waals surface area contributed by atoms with Crippen molar-refractivity contribution < 1.29 is 4.79 Å². The van der Waals surface area contributed by atoms with Gasteiger partial charge in [-0.15, -0.1) is 11.3 Å². The number of aromatic nitrogens is 1. The van der Waals surface area contributed by atoms with Crippen molar-refractivity contribution in [3.05, 3.63) is 36.4 Å². The van der Waals surface area contributed by atoms with Crippen molar-refractivity contribution >= 4 is 45.4 Å². The first-order chi connectivity index (χ1) is 11.2. The molecule has 1 N–H and O–H groups in total. The second-order valence-electron chi connectivity index (χ2n) is 5.51. The van der Waals surface area contributed by atoms with E-state index in [-0.39, 0.29) is 11.2 Å². The molecule has 4 nitrogen and oxygen atoms in total. The van der Waals surface area contributed by atoms with Crippen LogP contribution in [0, 0.1) is 5.92 Å². The van der Waals surface area contributed by atoms with Gasteiger partial charge in [0.1, 0.15) is 0 Å². The standard InChI is InChI=1S/C17H19N3OS2/c1-12(16(21)20-18-11-13-7-3-2-4-8-13)22-17-19-14-9-5-6-10-15(14)23-17/h2-3,5-6,9-13H,4,7-8H2,1H3,(H,20,21)/b18-11-. The van der Waals surface area contributed by atoms with Gasteiger partial charge in [0.05, 0.1) is 15.5 Å². The number of nitrogens with one attached hydrogen (secondary N) is 1. The quantitative estimate of drug-likeness (QED) is 0.382. The summed E-state index contributed by atoms with van der Waals surface area (Å²) in [5.74, 6) is 0.351. The van der Waals surface area contributed by atoms with Gasteiger partial charge < -0.3 is 0 Å². The van der Waals surface area contributed by atoms with Crippen molar-refractivity contribution in [2.75, 3.05) is 0 Å². The van der Waals surface area contributed by atoms with E-state index in [0.717, 1.165) is 33.8 Å². The number of carbonyl (C=O) groups is 1. The Labute approximate surface area is 144 Å².